The molecule has 0 N–H and O–H groups in total. The summed E-state index contributed by atoms with van der Waals surface area (Å²) in [4.78, 5) is 0. The number of ether oxygens (including phenoxy) is 1. The molecule has 1 aromatic rings. The molecule has 0 fully saturated rings. The first kappa shape index (κ1) is 14.0. The zero-order valence-electron chi connectivity index (χ0n) is 8.58. The Kier molecular flexibility index (Phi) is 5.29. The predicted octanol–water partition coefficient (Wildman–Crippen LogP) is 3.83. The molecule has 0 amide bonds. The summed E-state index contributed by atoms with van der Waals surface area (Å²) in [5, 5.41) is 0. The number of halogens is 4. The second-order valence-corrected chi connectivity index (χ2v) is 9.00. The van der Waals surface area contributed by atoms with E-state index in [4.69, 9.17) is 24.1 Å². The molecule has 92 valence electrons. The predicted molar refractivity (Wildman–Crippen MR) is 59.0 cm³/mol. The fourth-order valence-electron chi connectivity index (χ4n) is 1.06. The topological polar surface area (TPSA) is 9.23 Å². The van der Waals surface area contributed by atoms with Gasteiger partial charge in [-0.2, -0.15) is 0 Å². The first-order valence-electron chi connectivity index (χ1n) is 4.39. The first-order valence-corrected chi connectivity index (χ1v) is 9.87. The molecule has 0 aromatic heterocycles. The van der Waals surface area contributed by atoms with Crippen molar-refractivity contribution in [2.24, 2.45) is 0 Å². The van der Waals surface area contributed by atoms with E-state index in [-0.39, 0.29) is 11.9 Å². The van der Waals surface area contributed by atoms with Gasteiger partial charge in [0.05, 0.1) is 0 Å². The summed E-state index contributed by atoms with van der Waals surface area (Å²) in [5.74, 6) is -1.63. The van der Waals surface area contributed by atoms with Crippen molar-refractivity contribution in [1.82, 2.24) is 0 Å². The summed E-state index contributed by atoms with van der Waals surface area (Å²) in [6.07, 6.45) is -0.136. The molecule has 0 heterocycles. The summed E-state index contributed by atoms with van der Waals surface area (Å²) < 4.78 is 32.9. The Bertz CT molecular complexity index is 418. The van der Waals surface area contributed by atoms with Crippen LogP contribution in [0.2, 0.25) is 0 Å². The van der Waals surface area contributed by atoms with Crippen molar-refractivity contribution < 1.29 is 27.0 Å². The normalized spacial score (nSPS) is 11.6. The van der Waals surface area contributed by atoms with Crippen LogP contribution in [0.4, 0.5) is 8.78 Å². The summed E-state index contributed by atoms with van der Waals surface area (Å²) in [6.45, 7) is 3.59. The molecule has 1 rings (SSSR count). The third kappa shape index (κ3) is 4.08. The van der Waals surface area contributed by atoms with Gasteiger partial charge in [-0.05, 0) is 0 Å². The van der Waals surface area contributed by atoms with Gasteiger partial charge in [0.15, 0.2) is 0 Å². The van der Waals surface area contributed by atoms with Crippen molar-refractivity contribution in [2.45, 2.75) is 20.0 Å². The zero-order chi connectivity index (χ0) is 12.3. The molecule has 0 bridgehead atoms. The Morgan fingerprint density at radius 3 is 2.31 bits per heavy atom. The minimum absolute atomic E-state index is 0.136. The molecule has 1 aromatic carbocycles. The summed E-state index contributed by atoms with van der Waals surface area (Å²) in [7, 11) is 11.4. The van der Waals surface area contributed by atoms with Crippen molar-refractivity contribution >= 4 is 24.0 Å². The minimum atomic E-state index is -2.10. The molecule has 0 aliphatic heterocycles. The number of hydrogen-bond donors (Lipinski definition) is 0. The fourth-order valence-corrected chi connectivity index (χ4v) is 2.85. The third-order valence-electron chi connectivity index (χ3n) is 1.60. The standard InChI is InChI=1S/C10H10F2O.2ClH.Ru/c1-6(2)13-10-5-9(12)8(11)4-7(10)3;;;/h3-6H,1-2H3;2*1H;/q;;;+2/p-2. The fraction of sp³-hybridized carbons (Fsp3) is 0.300. The van der Waals surface area contributed by atoms with Crippen molar-refractivity contribution in [2.75, 3.05) is 0 Å². The van der Waals surface area contributed by atoms with Crippen LogP contribution >= 0.6 is 19.4 Å². The average molecular weight is 356 g/mol. The third-order valence-corrected chi connectivity index (χ3v) is 3.44. The van der Waals surface area contributed by atoms with E-state index >= 15 is 0 Å². The molecule has 6 heteroatoms. The summed E-state index contributed by atoms with van der Waals surface area (Å²) >= 11 is -2.10. The van der Waals surface area contributed by atoms with Gasteiger partial charge >= 0.3 is 106 Å². The summed E-state index contributed by atoms with van der Waals surface area (Å²) in [6, 6.07) is 2.05. The second-order valence-electron chi connectivity index (χ2n) is 3.28. The number of hydrogen-bond acceptors (Lipinski definition) is 1. The van der Waals surface area contributed by atoms with Crippen LogP contribution in [0.25, 0.3) is 0 Å². The molecular weight excluding hydrogens is 346 g/mol. The molecule has 0 spiro atoms. The van der Waals surface area contributed by atoms with Gasteiger partial charge in [-0.3, -0.25) is 0 Å². The van der Waals surface area contributed by atoms with Crippen LogP contribution in [0.5, 0.6) is 5.75 Å². The van der Waals surface area contributed by atoms with Crippen LogP contribution in [0.1, 0.15) is 19.4 Å². The van der Waals surface area contributed by atoms with Gasteiger partial charge in [0.2, 0.25) is 0 Å². The number of rotatable bonds is 3. The van der Waals surface area contributed by atoms with Gasteiger partial charge in [0.25, 0.3) is 0 Å². The van der Waals surface area contributed by atoms with E-state index in [2.05, 4.69) is 0 Å². The number of benzene rings is 1. The molecule has 0 unspecified atom stereocenters. The quantitative estimate of drug-likeness (QED) is 0.748. The van der Waals surface area contributed by atoms with Crippen LogP contribution in [-0.4, -0.2) is 10.7 Å². The van der Waals surface area contributed by atoms with Crippen LogP contribution in [0, 0.1) is 11.6 Å². The molecule has 0 saturated heterocycles. The van der Waals surface area contributed by atoms with E-state index in [9.17, 15) is 8.78 Å². The van der Waals surface area contributed by atoms with Crippen LogP contribution < -0.4 is 4.74 Å². The molecular formula is C10H10Cl2F2ORu. The Morgan fingerprint density at radius 2 is 1.81 bits per heavy atom. The molecule has 0 saturated carbocycles. The molecule has 0 aliphatic rings. The Balaban J connectivity index is 3.22. The molecule has 0 radical (unpaired) electrons. The van der Waals surface area contributed by atoms with Crippen LogP contribution in [0.3, 0.4) is 0 Å². The SMILES string of the molecule is CC(C)Oc1cc(F)c(F)cc1[CH]=[Ru]([Cl])[Cl]. The average Bonchev–Trinajstić information content (AvgIpc) is 2.11. The molecule has 0 atom stereocenters. The van der Waals surface area contributed by atoms with Gasteiger partial charge in [0.1, 0.15) is 0 Å². The van der Waals surface area contributed by atoms with Crippen molar-refractivity contribution in [3.05, 3.63) is 29.3 Å². The first-order chi connectivity index (χ1) is 7.40. The van der Waals surface area contributed by atoms with E-state index < -0.39 is 25.2 Å². The molecule has 16 heavy (non-hydrogen) atoms. The second kappa shape index (κ2) is 6.04. The van der Waals surface area contributed by atoms with Gasteiger partial charge in [-0.15, -0.1) is 0 Å². The zero-order valence-corrected chi connectivity index (χ0v) is 11.8. The van der Waals surface area contributed by atoms with Crippen LogP contribution in [0.15, 0.2) is 12.1 Å². The van der Waals surface area contributed by atoms with Gasteiger partial charge in [0, 0.05) is 0 Å². The molecule has 1 nitrogen and oxygen atoms in total. The Labute approximate surface area is 106 Å². The van der Waals surface area contributed by atoms with E-state index in [1.54, 1.807) is 13.8 Å². The van der Waals surface area contributed by atoms with Gasteiger partial charge < -0.3 is 0 Å². The monoisotopic (exact) mass is 356 g/mol. The Morgan fingerprint density at radius 1 is 1.25 bits per heavy atom. The maximum atomic E-state index is 13.0. The summed E-state index contributed by atoms with van der Waals surface area (Å²) in [5.41, 5.74) is 0.399. The van der Waals surface area contributed by atoms with E-state index in [1.165, 1.54) is 4.61 Å². The van der Waals surface area contributed by atoms with Gasteiger partial charge in [-0.1, -0.05) is 0 Å². The van der Waals surface area contributed by atoms with Crippen molar-refractivity contribution in [1.29, 1.82) is 0 Å². The maximum absolute atomic E-state index is 13.0. The van der Waals surface area contributed by atoms with Gasteiger partial charge in [-0.25, -0.2) is 0 Å². The van der Waals surface area contributed by atoms with E-state index in [0.29, 0.717) is 5.56 Å². The van der Waals surface area contributed by atoms with Crippen molar-refractivity contribution in [3.63, 3.8) is 0 Å². The van der Waals surface area contributed by atoms with Crippen LogP contribution in [-0.2, 0) is 13.5 Å². The Hall–Kier alpha value is -0.0466. The van der Waals surface area contributed by atoms with Crippen molar-refractivity contribution in [3.8, 4) is 5.75 Å². The van der Waals surface area contributed by atoms with E-state index in [1.807, 2.05) is 0 Å². The van der Waals surface area contributed by atoms with E-state index in [0.717, 1.165) is 12.1 Å². The molecule has 0 aliphatic carbocycles.